The molecule has 1 saturated carbocycles. The lowest BCUT2D eigenvalue weighted by Crippen LogP contribution is -2.47. The number of hydrogen-bond donors (Lipinski definition) is 0. The maximum atomic E-state index is 12.8. The van der Waals surface area contributed by atoms with Crippen LogP contribution in [0.3, 0.4) is 0 Å². The van der Waals surface area contributed by atoms with E-state index in [-0.39, 0.29) is 36.2 Å². The Morgan fingerprint density at radius 1 is 1.21 bits per heavy atom. The number of methoxy groups -OCH3 is 1. The standard InChI is InChI=1S/C22H30N4O3/c1-6-17-23-21(26(24-17)22(2,3)4)20-19(14-7-11-16(28-5)12-8-14)25(15-9-10-15)18(27)13-29-20/h7-8,11-12,15,19-20H,6,9-10,13H2,1-5H3/t19-,20+/m1/s1. The fourth-order valence-electron chi connectivity index (χ4n) is 3.96. The van der Waals surface area contributed by atoms with Crippen molar-refractivity contribution in [1.82, 2.24) is 19.7 Å². The Balaban J connectivity index is 1.82. The second-order valence-electron chi connectivity index (χ2n) is 8.80. The third-order valence-electron chi connectivity index (χ3n) is 5.54. The Labute approximate surface area is 172 Å². The van der Waals surface area contributed by atoms with Gasteiger partial charge in [-0.25, -0.2) is 9.67 Å². The van der Waals surface area contributed by atoms with Crippen LogP contribution < -0.4 is 4.74 Å². The lowest BCUT2D eigenvalue weighted by Gasteiger charge is -2.41. The Bertz CT molecular complexity index is 880. The average Bonchev–Trinajstić information content (AvgIpc) is 3.44. The first-order valence-corrected chi connectivity index (χ1v) is 10.4. The summed E-state index contributed by atoms with van der Waals surface area (Å²) in [5.74, 6) is 2.41. The van der Waals surface area contributed by atoms with Crippen molar-refractivity contribution >= 4 is 5.91 Å². The maximum absolute atomic E-state index is 12.8. The predicted octanol–water partition coefficient (Wildman–Crippen LogP) is 3.41. The van der Waals surface area contributed by atoms with E-state index in [2.05, 4.69) is 27.7 Å². The third kappa shape index (κ3) is 3.75. The molecule has 1 aliphatic heterocycles. The first kappa shape index (κ1) is 19.9. The highest BCUT2D eigenvalue weighted by molar-refractivity contribution is 5.79. The number of aromatic nitrogens is 3. The highest BCUT2D eigenvalue weighted by Crippen LogP contribution is 2.45. The summed E-state index contributed by atoms with van der Waals surface area (Å²) in [5.41, 5.74) is 0.785. The van der Waals surface area contributed by atoms with Gasteiger partial charge in [-0.05, 0) is 51.3 Å². The van der Waals surface area contributed by atoms with Crippen molar-refractivity contribution in [3.8, 4) is 5.75 Å². The van der Waals surface area contributed by atoms with Crippen molar-refractivity contribution in [3.63, 3.8) is 0 Å². The first-order valence-electron chi connectivity index (χ1n) is 10.4. The minimum absolute atomic E-state index is 0.0436. The van der Waals surface area contributed by atoms with Crippen molar-refractivity contribution in [3.05, 3.63) is 41.5 Å². The molecule has 1 saturated heterocycles. The van der Waals surface area contributed by atoms with Crippen molar-refractivity contribution in [2.45, 2.75) is 70.7 Å². The minimum atomic E-state index is -0.367. The van der Waals surface area contributed by atoms with E-state index in [0.29, 0.717) is 0 Å². The lowest BCUT2D eigenvalue weighted by atomic mass is 9.96. The molecule has 2 aliphatic rings. The maximum Gasteiger partial charge on any atom is 0.249 e. The number of nitrogens with zero attached hydrogens (tertiary/aromatic N) is 4. The molecule has 0 unspecified atom stereocenters. The smallest absolute Gasteiger partial charge is 0.249 e. The SMILES string of the molecule is CCc1nc([C@H]2OCC(=O)N(C3CC3)[C@@H]2c2ccc(OC)cc2)n(C(C)(C)C)n1. The lowest BCUT2D eigenvalue weighted by molar-refractivity contribution is -0.160. The zero-order valence-corrected chi connectivity index (χ0v) is 17.9. The van der Waals surface area contributed by atoms with Crippen LogP contribution >= 0.6 is 0 Å². The predicted molar refractivity (Wildman–Crippen MR) is 109 cm³/mol. The second kappa shape index (κ2) is 7.44. The molecule has 0 radical (unpaired) electrons. The Kier molecular flexibility index (Phi) is 5.11. The molecule has 29 heavy (non-hydrogen) atoms. The van der Waals surface area contributed by atoms with Gasteiger partial charge in [-0.1, -0.05) is 19.1 Å². The van der Waals surface area contributed by atoms with Crippen LogP contribution in [-0.2, 0) is 21.5 Å². The van der Waals surface area contributed by atoms with Gasteiger partial charge >= 0.3 is 0 Å². The summed E-state index contributed by atoms with van der Waals surface area (Å²) in [4.78, 5) is 19.7. The molecule has 0 spiro atoms. The summed E-state index contributed by atoms with van der Waals surface area (Å²) in [5, 5.41) is 4.74. The van der Waals surface area contributed by atoms with Gasteiger partial charge in [0, 0.05) is 12.5 Å². The molecule has 7 nitrogen and oxygen atoms in total. The quantitative estimate of drug-likeness (QED) is 0.772. The van der Waals surface area contributed by atoms with Gasteiger partial charge in [0.2, 0.25) is 5.91 Å². The van der Waals surface area contributed by atoms with E-state index in [9.17, 15) is 4.79 Å². The highest BCUT2D eigenvalue weighted by atomic mass is 16.5. The average molecular weight is 399 g/mol. The Morgan fingerprint density at radius 3 is 2.45 bits per heavy atom. The van der Waals surface area contributed by atoms with E-state index in [4.69, 9.17) is 19.6 Å². The van der Waals surface area contributed by atoms with Gasteiger partial charge in [-0.3, -0.25) is 4.79 Å². The molecule has 1 aliphatic carbocycles. The monoisotopic (exact) mass is 398 g/mol. The zero-order valence-electron chi connectivity index (χ0n) is 17.9. The molecule has 2 heterocycles. The van der Waals surface area contributed by atoms with Crippen LogP contribution in [0, 0.1) is 0 Å². The van der Waals surface area contributed by atoms with Crippen molar-refractivity contribution in [2.24, 2.45) is 0 Å². The van der Waals surface area contributed by atoms with Gasteiger partial charge in [0.25, 0.3) is 0 Å². The van der Waals surface area contributed by atoms with Gasteiger partial charge in [-0.15, -0.1) is 0 Å². The number of carbonyl (C=O) groups excluding carboxylic acids is 1. The fourth-order valence-corrected chi connectivity index (χ4v) is 3.96. The van der Waals surface area contributed by atoms with E-state index in [1.54, 1.807) is 7.11 Å². The number of carbonyl (C=O) groups is 1. The number of hydrogen-bond acceptors (Lipinski definition) is 5. The van der Waals surface area contributed by atoms with E-state index in [0.717, 1.165) is 42.2 Å². The van der Waals surface area contributed by atoms with Crippen LogP contribution in [0.25, 0.3) is 0 Å². The van der Waals surface area contributed by atoms with E-state index in [1.807, 2.05) is 33.8 Å². The van der Waals surface area contributed by atoms with Crippen LogP contribution in [0.15, 0.2) is 24.3 Å². The molecular weight excluding hydrogens is 368 g/mol. The van der Waals surface area contributed by atoms with Crippen molar-refractivity contribution < 1.29 is 14.3 Å². The normalized spacial score (nSPS) is 22.8. The first-order chi connectivity index (χ1) is 13.8. The summed E-state index contributed by atoms with van der Waals surface area (Å²) in [7, 11) is 1.65. The fraction of sp³-hybridized carbons (Fsp3) is 0.591. The van der Waals surface area contributed by atoms with Gasteiger partial charge in [0.15, 0.2) is 11.6 Å². The molecule has 7 heteroatoms. The summed E-state index contributed by atoms with van der Waals surface area (Å²) in [6.45, 7) is 8.46. The largest absolute Gasteiger partial charge is 0.497 e. The van der Waals surface area contributed by atoms with Crippen LogP contribution in [0.2, 0.25) is 0 Å². The molecule has 2 fully saturated rings. The van der Waals surface area contributed by atoms with Crippen LogP contribution in [0.5, 0.6) is 5.75 Å². The number of benzene rings is 1. The number of amides is 1. The van der Waals surface area contributed by atoms with E-state index < -0.39 is 0 Å². The molecule has 0 N–H and O–H groups in total. The zero-order chi connectivity index (χ0) is 20.8. The van der Waals surface area contributed by atoms with Crippen LogP contribution in [-0.4, -0.2) is 45.3 Å². The molecule has 2 atom stereocenters. The summed E-state index contributed by atoms with van der Waals surface area (Å²) in [6, 6.07) is 7.95. The number of ether oxygens (including phenoxy) is 2. The van der Waals surface area contributed by atoms with Gasteiger partial charge in [0.05, 0.1) is 18.7 Å². The molecule has 1 amide bonds. The molecule has 0 bridgehead atoms. The topological polar surface area (TPSA) is 69.5 Å². The van der Waals surface area contributed by atoms with Gasteiger partial charge < -0.3 is 14.4 Å². The highest BCUT2D eigenvalue weighted by Gasteiger charge is 2.47. The number of morpholine rings is 1. The minimum Gasteiger partial charge on any atom is -0.497 e. The number of rotatable bonds is 5. The van der Waals surface area contributed by atoms with Crippen molar-refractivity contribution in [1.29, 1.82) is 0 Å². The van der Waals surface area contributed by atoms with Crippen LogP contribution in [0.4, 0.5) is 0 Å². The molecule has 1 aromatic carbocycles. The van der Waals surface area contributed by atoms with Gasteiger partial charge in [-0.2, -0.15) is 5.10 Å². The number of aryl methyl sites for hydroxylation is 1. The molecule has 4 rings (SSSR count). The third-order valence-corrected chi connectivity index (χ3v) is 5.54. The van der Waals surface area contributed by atoms with Crippen LogP contribution in [0.1, 0.15) is 69.9 Å². The summed E-state index contributed by atoms with van der Waals surface area (Å²) in [6.07, 6.45) is 2.46. The summed E-state index contributed by atoms with van der Waals surface area (Å²) < 4.78 is 13.4. The summed E-state index contributed by atoms with van der Waals surface area (Å²) >= 11 is 0. The molecular formula is C22H30N4O3. The Hall–Kier alpha value is -2.41. The molecule has 156 valence electrons. The second-order valence-corrected chi connectivity index (χ2v) is 8.80. The van der Waals surface area contributed by atoms with Crippen molar-refractivity contribution in [2.75, 3.05) is 13.7 Å². The van der Waals surface area contributed by atoms with Gasteiger partial charge in [0.1, 0.15) is 18.5 Å². The van der Waals surface area contributed by atoms with E-state index in [1.165, 1.54) is 0 Å². The molecule has 2 aromatic rings. The molecule has 1 aromatic heterocycles. The Morgan fingerprint density at radius 2 is 1.90 bits per heavy atom. The van der Waals surface area contributed by atoms with E-state index >= 15 is 0 Å².